The van der Waals surface area contributed by atoms with Crippen LogP contribution in [-0.2, 0) is 21.2 Å². The Morgan fingerprint density at radius 2 is 1.94 bits per heavy atom. The summed E-state index contributed by atoms with van der Waals surface area (Å²) in [5, 5.41) is -0.714. The van der Waals surface area contributed by atoms with Crippen LogP contribution < -0.4 is 4.72 Å². The lowest BCUT2D eigenvalue weighted by molar-refractivity contribution is -0.113. The highest BCUT2D eigenvalue weighted by atomic mass is 35.5. The fraction of sp³-hybridized carbons (Fsp3) is 0.300. The van der Waals surface area contributed by atoms with Gasteiger partial charge in [0.15, 0.2) is 0 Å². The Balaban J connectivity index is 2.77. The average Bonchev–Trinajstić information content (AvgIpc) is 2.16. The highest BCUT2D eigenvalue weighted by Crippen LogP contribution is 2.06. The normalized spacial score (nSPS) is 13.4. The molecule has 1 atom stereocenters. The van der Waals surface area contributed by atoms with E-state index in [-0.39, 0.29) is 6.42 Å². The summed E-state index contributed by atoms with van der Waals surface area (Å²) in [6.45, 7) is 0. The van der Waals surface area contributed by atoms with Crippen LogP contribution in [0, 0.1) is 0 Å². The monoisotopic (exact) mass is 261 g/mol. The second kappa shape index (κ2) is 5.43. The molecule has 0 bridgehead atoms. The molecule has 1 aromatic carbocycles. The van der Waals surface area contributed by atoms with Crippen molar-refractivity contribution >= 4 is 26.9 Å². The number of rotatable bonds is 5. The van der Waals surface area contributed by atoms with E-state index in [1.54, 1.807) is 12.1 Å². The van der Waals surface area contributed by atoms with Gasteiger partial charge >= 0.3 is 0 Å². The number of nitrogens with one attached hydrogen (secondary N) is 1. The van der Waals surface area contributed by atoms with E-state index in [0.29, 0.717) is 0 Å². The van der Waals surface area contributed by atoms with Gasteiger partial charge < -0.3 is 0 Å². The van der Waals surface area contributed by atoms with Crippen molar-refractivity contribution in [2.45, 2.75) is 12.5 Å². The number of halogens is 1. The van der Waals surface area contributed by atoms with E-state index in [4.69, 9.17) is 11.6 Å². The van der Waals surface area contributed by atoms with Gasteiger partial charge in [0.05, 0.1) is 12.3 Å². The molecule has 0 aliphatic rings. The number of hydrogen-bond donors (Lipinski definition) is 1. The van der Waals surface area contributed by atoms with Crippen LogP contribution >= 0.6 is 11.6 Å². The molecular formula is C10H12ClNO3S. The fourth-order valence-corrected chi connectivity index (χ4v) is 2.18. The Morgan fingerprint density at radius 3 is 2.38 bits per heavy atom. The minimum atomic E-state index is -3.44. The van der Waals surface area contributed by atoms with E-state index in [0.717, 1.165) is 11.8 Å². The molecule has 0 saturated heterocycles. The molecule has 0 heterocycles. The van der Waals surface area contributed by atoms with Crippen LogP contribution in [0.2, 0.25) is 0 Å². The van der Waals surface area contributed by atoms with Crippen molar-refractivity contribution in [3.05, 3.63) is 35.9 Å². The van der Waals surface area contributed by atoms with E-state index in [1.165, 1.54) is 0 Å². The quantitative estimate of drug-likeness (QED) is 0.802. The van der Waals surface area contributed by atoms with Gasteiger partial charge in [0, 0.05) is 0 Å². The summed E-state index contributed by atoms with van der Waals surface area (Å²) in [4.78, 5) is 11.1. The molecule has 16 heavy (non-hydrogen) atoms. The molecule has 0 aliphatic carbocycles. The summed E-state index contributed by atoms with van der Waals surface area (Å²) in [5.41, 5.74) is 0.845. The first-order valence-electron chi connectivity index (χ1n) is 4.59. The minimum absolute atomic E-state index is 0.246. The molecule has 1 aromatic rings. The number of hydrogen-bond acceptors (Lipinski definition) is 3. The second-order valence-corrected chi connectivity index (χ2v) is 5.59. The summed E-state index contributed by atoms with van der Waals surface area (Å²) in [5.74, 6) is 0. The molecule has 0 radical (unpaired) electrons. The van der Waals surface area contributed by atoms with Crippen LogP contribution in [0.15, 0.2) is 30.3 Å². The zero-order valence-electron chi connectivity index (χ0n) is 8.68. The van der Waals surface area contributed by atoms with Crippen LogP contribution in [0.25, 0.3) is 0 Å². The Bertz CT molecular complexity index is 458. The van der Waals surface area contributed by atoms with Crippen LogP contribution in [-0.4, -0.2) is 26.0 Å². The maximum absolute atomic E-state index is 11.1. The van der Waals surface area contributed by atoms with Gasteiger partial charge in [-0.15, -0.1) is 0 Å². The molecular weight excluding hydrogens is 250 g/mol. The van der Waals surface area contributed by atoms with Crippen molar-refractivity contribution in [3.63, 3.8) is 0 Å². The predicted octanol–water partition coefficient (Wildman–Crippen LogP) is 0.912. The molecule has 0 saturated carbocycles. The van der Waals surface area contributed by atoms with Gasteiger partial charge in [0.2, 0.25) is 15.3 Å². The summed E-state index contributed by atoms with van der Waals surface area (Å²) < 4.78 is 24.2. The Hall–Kier alpha value is -0.910. The van der Waals surface area contributed by atoms with Gasteiger partial charge in [-0.25, -0.2) is 13.1 Å². The SMILES string of the molecule is CS(=O)(=O)NC(Cc1ccccc1)C(=O)Cl. The smallest absolute Gasteiger partial charge is 0.239 e. The third-order valence-corrected chi connectivity index (χ3v) is 2.89. The Morgan fingerprint density at radius 1 is 1.38 bits per heavy atom. The van der Waals surface area contributed by atoms with Gasteiger partial charge in [-0.1, -0.05) is 30.3 Å². The van der Waals surface area contributed by atoms with Crippen LogP contribution in [0.4, 0.5) is 0 Å². The fourth-order valence-electron chi connectivity index (χ4n) is 1.28. The van der Waals surface area contributed by atoms with Crippen LogP contribution in [0.5, 0.6) is 0 Å². The van der Waals surface area contributed by atoms with E-state index in [2.05, 4.69) is 4.72 Å². The summed E-state index contributed by atoms with van der Waals surface area (Å²) >= 11 is 5.33. The van der Waals surface area contributed by atoms with Crippen LogP contribution in [0.3, 0.4) is 0 Å². The van der Waals surface area contributed by atoms with Crippen molar-refractivity contribution < 1.29 is 13.2 Å². The highest BCUT2D eigenvalue weighted by Gasteiger charge is 2.20. The van der Waals surface area contributed by atoms with E-state index in [9.17, 15) is 13.2 Å². The van der Waals surface area contributed by atoms with Gasteiger partial charge in [-0.2, -0.15) is 0 Å². The first-order valence-corrected chi connectivity index (χ1v) is 6.86. The third kappa shape index (κ3) is 4.74. The molecule has 4 nitrogen and oxygen atoms in total. The molecule has 88 valence electrons. The lowest BCUT2D eigenvalue weighted by atomic mass is 10.1. The molecule has 0 aliphatic heterocycles. The van der Waals surface area contributed by atoms with E-state index < -0.39 is 21.3 Å². The van der Waals surface area contributed by atoms with Crippen LogP contribution in [0.1, 0.15) is 5.56 Å². The number of benzene rings is 1. The molecule has 0 spiro atoms. The molecule has 1 N–H and O–H groups in total. The van der Waals surface area contributed by atoms with Gasteiger partial charge in [0.25, 0.3) is 0 Å². The summed E-state index contributed by atoms with van der Waals surface area (Å²) in [7, 11) is -3.44. The number of carbonyl (C=O) groups excluding carboxylic acids is 1. The molecule has 1 unspecified atom stereocenters. The topological polar surface area (TPSA) is 63.2 Å². The van der Waals surface area contributed by atoms with Crippen molar-refractivity contribution in [1.82, 2.24) is 4.72 Å². The number of carbonyl (C=O) groups is 1. The van der Waals surface area contributed by atoms with Crippen molar-refractivity contribution in [2.24, 2.45) is 0 Å². The lowest BCUT2D eigenvalue weighted by Crippen LogP contribution is -2.39. The van der Waals surface area contributed by atoms with Crippen molar-refractivity contribution in [1.29, 1.82) is 0 Å². The molecule has 0 fully saturated rings. The van der Waals surface area contributed by atoms with Gasteiger partial charge in [0.1, 0.15) is 0 Å². The zero-order chi connectivity index (χ0) is 12.2. The van der Waals surface area contributed by atoms with E-state index >= 15 is 0 Å². The minimum Gasteiger partial charge on any atom is -0.279 e. The molecule has 1 rings (SSSR count). The maximum atomic E-state index is 11.1. The largest absolute Gasteiger partial charge is 0.279 e. The second-order valence-electron chi connectivity index (χ2n) is 3.44. The van der Waals surface area contributed by atoms with Crippen molar-refractivity contribution in [3.8, 4) is 0 Å². The molecule has 0 aromatic heterocycles. The highest BCUT2D eigenvalue weighted by molar-refractivity contribution is 7.88. The summed E-state index contributed by atoms with van der Waals surface area (Å²) in [6, 6.07) is 8.15. The van der Waals surface area contributed by atoms with Crippen molar-refractivity contribution in [2.75, 3.05) is 6.26 Å². The lowest BCUT2D eigenvalue weighted by Gasteiger charge is -2.12. The Labute approximate surface area is 99.7 Å². The molecule has 6 heteroatoms. The standard InChI is InChI=1S/C10H12ClNO3S/c1-16(14,15)12-9(10(11)13)7-8-5-3-2-4-6-8/h2-6,9,12H,7H2,1H3. The first-order chi connectivity index (χ1) is 7.38. The zero-order valence-corrected chi connectivity index (χ0v) is 10.3. The third-order valence-electron chi connectivity index (χ3n) is 1.91. The van der Waals surface area contributed by atoms with Gasteiger partial charge in [-0.3, -0.25) is 4.79 Å². The van der Waals surface area contributed by atoms with E-state index in [1.807, 2.05) is 18.2 Å². The number of sulfonamides is 1. The average molecular weight is 262 g/mol. The summed E-state index contributed by atoms with van der Waals surface area (Å²) in [6.07, 6.45) is 1.24. The maximum Gasteiger partial charge on any atom is 0.239 e. The van der Waals surface area contributed by atoms with Gasteiger partial charge in [-0.05, 0) is 23.6 Å². The predicted molar refractivity (Wildman–Crippen MR) is 62.8 cm³/mol. The Kier molecular flexibility index (Phi) is 4.46. The molecule has 0 amide bonds. The first kappa shape index (κ1) is 13.2.